The molecule has 1 saturated heterocycles. The van der Waals surface area contributed by atoms with Gasteiger partial charge < -0.3 is 10.2 Å². The summed E-state index contributed by atoms with van der Waals surface area (Å²) in [7, 11) is -3.45. The van der Waals surface area contributed by atoms with Crippen LogP contribution in [0.15, 0.2) is 28.7 Å². The van der Waals surface area contributed by atoms with Crippen LogP contribution in [-0.4, -0.2) is 50.7 Å². The van der Waals surface area contributed by atoms with Crippen molar-refractivity contribution in [3.8, 4) is 0 Å². The summed E-state index contributed by atoms with van der Waals surface area (Å²) in [5.74, 6) is -0.832. The Morgan fingerprint density at radius 1 is 1.38 bits per heavy atom. The molecule has 1 amide bonds. The van der Waals surface area contributed by atoms with Gasteiger partial charge in [-0.15, -0.1) is 0 Å². The predicted octanol–water partition coefficient (Wildman–Crippen LogP) is 1.18. The summed E-state index contributed by atoms with van der Waals surface area (Å²) >= 11 is 3.31. The van der Waals surface area contributed by atoms with E-state index in [4.69, 9.17) is 0 Å². The van der Waals surface area contributed by atoms with E-state index in [0.29, 0.717) is 25.2 Å². The number of benzene rings is 1. The van der Waals surface area contributed by atoms with E-state index in [-0.39, 0.29) is 17.7 Å². The quantitative estimate of drug-likeness (QED) is 0.859. The van der Waals surface area contributed by atoms with Crippen molar-refractivity contribution >= 4 is 31.7 Å². The molecule has 1 aliphatic rings. The monoisotopic (exact) mass is 374 g/mol. The van der Waals surface area contributed by atoms with E-state index in [0.717, 1.165) is 4.47 Å². The minimum absolute atomic E-state index is 0.0362. The molecule has 1 atom stereocenters. The van der Waals surface area contributed by atoms with Crippen molar-refractivity contribution in [2.24, 2.45) is 0 Å². The smallest absolute Gasteiger partial charge is 0.238 e. The molecular formula is C14H19BrN2O3S. The highest BCUT2D eigenvalue weighted by atomic mass is 79.9. The van der Waals surface area contributed by atoms with Crippen LogP contribution in [0.1, 0.15) is 12.5 Å². The van der Waals surface area contributed by atoms with Gasteiger partial charge in [0.2, 0.25) is 5.91 Å². The van der Waals surface area contributed by atoms with Gasteiger partial charge in [-0.2, -0.15) is 0 Å². The maximum Gasteiger partial charge on any atom is 0.238 e. The number of carbonyl (C=O) groups is 1. The number of amides is 1. The maximum absolute atomic E-state index is 12.2. The van der Waals surface area contributed by atoms with Crippen LogP contribution in [0.3, 0.4) is 0 Å². The molecule has 0 unspecified atom stereocenters. The molecule has 7 heteroatoms. The van der Waals surface area contributed by atoms with Crippen molar-refractivity contribution in [3.05, 3.63) is 34.3 Å². The maximum atomic E-state index is 12.2. The lowest BCUT2D eigenvalue weighted by atomic mass is 10.2. The van der Waals surface area contributed by atoms with Crippen LogP contribution < -0.4 is 5.32 Å². The summed E-state index contributed by atoms with van der Waals surface area (Å²) in [6.45, 7) is 3.90. The van der Waals surface area contributed by atoms with Gasteiger partial charge in [0.05, 0.1) is 5.75 Å². The van der Waals surface area contributed by atoms with Gasteiger partial charge in [0.1, 0.15) is 5.75 Å². The molecule has 0 spiro atoms. The molecule has 1 heterocycles. The molecule has 0 radical (unpaired) electrons. The Morgan fingerprint density at radius 2 is 2.05 bits per heavy atom. The highest BCUT2D eigenvalue weighted by Gasteiger charge is 2.27. The number of halogens is 1. The van der Waals surface area contributed by atoms with Crippen LogP contribution in [-0.2, 0) is 20.4 Å². The topological polar surface area (TPSA) is 66.5 Å². The van der Waals surface area contributed by atoms with Crippen LogP contribution in [0.2, 0.25) is 0 Å². The van der Waals surface area contributed by atoms with Crippen molar-refractivity contribution in [3.63, 3.8) is 0 Å². The number of sulfone groups is 1. The molecule has 0 bridgehead atoms. The van der Waals surface area contributed by atoms with E-state index in [1.54, 1.807) is 29.2 Å². The third-order valence-corrected chi connectivity index (χ3v) is 5.45. The van der Waals surface area contributed by atoms with Gasteiger partial charge in [0.25, 0.3) is 0 Å². The van der Waals surface area contributed by atoms with Crippen LogP contribution in [0.5, 0.6) is 0 Å². The average molecular weight is 375 g/mol. The first-order valence-corrected chi connectivity index (χ1v) is 9.44. The second kappa shape index (κ2) is 6.89. The lowest BCUT2D eigenvalue weighted by Gasteiger charge is -2.33. The van der Waals surface area contributed by atoms with Gasteiger partial charge in [0.15, 0.2) is 9.84 Å². The van der Waals surface area contributed by atoms with Crippen LogP contribution in [0.4, 0.5) is 0 Å². The zero-order chi connectivity index (χ0) is 15.5. The number of rotatable bonds is 4. The highest BCUT2D eigenvalue weighted by molar-refractivity contribution is 9.10. The number of piperazine rings is 1. The van der Waals surface area contributed by atoms with E-state index >= 15 is 0 Å². The molecule has 0 aliphatic carbocycles. The number of nitrogens with one attached hydrogen (secondary N) is 1. The number of carbonyl (C=O) groups excluding carboxylic acids is 1. The van der Waals surface area contributed by atoms with E-state index in [9.17, 15) is 13.2 Å². The SMILES string of the molecule is C[C@H]1CNCCN1C(=O)CS(=O)(=O)Cc1ccc(Br)cc1. The second-order valence-corrected chi connectivity index (χ2v) is 8.28. The third-order valence-electron chi connectivity index (χ3n) is 3.46. The van der Waals surface area contributed by atoms with Gasteiger partial charge in [-0.05, 0) is 24.6 Å². The fourth-order valence-electron chi connectivity index (χ4n) is 2.37. The van der Waals surface area contributed by atoms with Crippen molar-refractivity contribution < 1.29 is 13.2 Å². The Kier molecular flexibility index (Phi) is 5.40. The molecule has 1 aromatic carbocycles. The normalized spacial score (nSPS) is 19.5. The first-order chi connectivity index (χ1) is 9.87. The summed E-state index contributed by atoms with van der Waals surface area (Å²) < 4.78 is 25.2. The lowest BCUT2D eigenvalue weighted by molar-refractivity contribution is -0.131. The molecule has 21 heavy (non-hydrogen) atoms. The molecular weight excluding hydrogens is 356 g/mol. The first-order valence-electron chi connectivity index (χ1n) is 6.82. The van der Waals surface area contributed by atoms with Gasteiger partial charge in [-0.25, -0.2) is 8.42 Å². The van der Waals surface area contributed by atoms with Gasteiger partial charge >= 0.3 is 0 Å². The molecule has 1 aliphatic heterocycles. The predicted molar refractivity (Wildman–Crippen MR) is 85.7 cm³/mol. The number of hydrogen-bond acceptors (Lipinski definition) is 4. The van der Waals surface area contributed by atoms with Crippen LogP contribution in [0.25, 0.3) is 0 Å². The zero-order valence-corrected chi connectivity index (χ0v) is 14.3. The number of nitrogens with zero attached hydrogens (tertiary/aromatic N) is 1. The fraction of sp³-hybridized carbons (Fsp3) is 0.500. The fourth-order valence-corrected chi connectivity index (χ4v) is 3.98. The van der Waals surface area contributed by atoms with E-state index < -0.39 is 15.6 Å². The van der Waals surface area contributed by atoms with Crippen molar-refractivity contribution in [2.45, 2.75) is 18.7 Å². The second-order valence-electron chi connectivity index (χ2n) is 5.30. The summed E-state index contributed by atoms with van der Waals surface area (Å²) in [6.07, 6.45) is 0. The van der Waals surface area contributed by atoms with Crippen molar-refractivity contribution in [1.29, 1.82) is 0 Å². The summed E-state index contributed by atoms with van der Waals surface area (Å²) in [5.41, 5.74) is 0.694. The average Bonchev–Trinajstić information content (AvgIpc) is 2.41. The first kappa shape index (κ1) is 16.5. The molecule has 0 saturated carbocycles. The van der Waals surface area contributed by atoms with E-state index in [2.05, 4.69) is 21.2 Å². The molecule has 1 N–H and O–H groups in total. The minimum atomic E-state index is -3.45. The van der Waals surface area contributed by atoms with E-state index in [1.807, 2.05) is 6.92 Å². The molecule has 1 fully saturated rings. The highest BCUT2D eigenvalue weighted by Crippen LogP contribution is 2.14. The van der Waals surface area contributed by atoms with Crippen molar-refractivity contribution in [2.75, 3.05) is 25.4 Å². The summed E-state index contributed by atoms with van der Waals surface area (Å²) in [5, 5.41) is 3.18. The standard InChI is InChI=1S/C14H19BrN2O3S/c1-11-8-16-6-7-17(11)14(18)10-21(19,20)9-12-2-4-13(15)5-3-12/h2-5,11,16H,6-10H2,1H3/t11-/m0/s1. The van der Waals surface area contributed by atoms with Gasteiger partial charge in [-0.3, -0.25) is 4.79 Å². The van der Waals surface area contributed by atoms with Gasteiger partial charge in [-0.1, -0.05) is 28.1 Å². The third kappa shape index (κ3) is 4.79. The van der Waals surface area contributed by atoms with Crippen molar-refractivity contribution in [1.82, 2.24) is 10.2 Å². The van der Waals surface area contributed by atoms with Crippen LogP contribution >= 0.6 is 15.9 Å². The largest absolute Gasteiger partial charge is 0.337 e. The van der Waals surface area contributed by atoms with E-state index in [1.165, 1.54) is 0 Å². The summed E-state index contributed by atoms with van der Waals surface area (Å²) in [4.78, 5) is 13.8. The van der Waals surface area contributed by atoms with Gasteiger partial charge in [0, 0.05) is 30.1 Å². The van der Waals surface area contributed by atoms with Crippen LogP contribution in [0, 0.1) is 0 Å². The lowest BCUT2D eigenvalue weighted by Crippen LogP contribution is -2.53. The molecule has 0 aromatic heterocycles. The Balaban J connectivity index is 1.99. The Morgan fingerprint density at radius 3 is 2.67 bits per heavy atom. The molecule has 2 rings (SSSR count). The Bertz CT molecular complexity index is 601. The Hall–Kier alpha value is -0.920. The Labute approximate surface area is 133 Å². The molecule has 116 valence electrons. The summed E-state index contributed by atoms with van der Waals surface area (Å²) in [6, 6.07) is 7.13. The molecule has 5 nitrogen and oxygen atoms in total. The zero-order valence-electron chi connectivity index (χ0n) is 11.9. The molecule has 1 aromatic rings. The number of hydrogen-bond donors (Lipinski definition) is 1. The minimum Gasteiger partial charge on any atom is -0.337 e.